The first-order valence-corrected chi connectivity index (χ1v) is 11.9. The lowest BCUT2D eigenvalue weighted by molar-refractivity contribution is -0.144. The minimum absolute atomic E-state index is 0.185. The van der Waals surface area contributed by atoms with Crippen molar-refractivity contribution in [2.24, 2.45) is 5.92 Å². The van der Waals surface area contributed by atoms with Crippen LogP contribution < -0.4 is 5.32 Å². The second kappa shape index (κ2) is 9.30. The van der Waals surface area contributed by atoms with Gasteiger partial charge in [-0.25, -0.2) is 4.79 Å². The topological polar surface area (TPSA) is 86.7 Å². The molecule has 0 spiro atoms. The molecule has 1 aliphatic rings. The highest BCUT2D eigenvalue weighted by atomic mass is 16.4. The fourth-order valence-electron chi connectivity index (χ4n) is 4.79. The summed E-state index contributed by atoms with van der Waals surface area (Å²) in [4.78, 5) is 39.0. The molecular formula is C30H26N2O4. The van der Waals surface area contributed by atoms with Crippen molar-refractivity contribution in [1.82, 2.24) is 4.90 Å². The highest BCUT2D eigenvalue weighted by Crippen LogP contribution is 2.31. The van der Waals surface area contributed by atoms with Crippen LogP contribution in [0.1, 0.15) is 40.1 Å². The normalized spacial score (nSPS) is 13.6. The zero-order chi connectivity index (χ0) is 25.4. The Kier molecular flexibility index (Phi) is 6.02. The van der Waals surface area contributed by atoms with Crippen LogP contribution in [0.5, 0.6) is 0 Å². The number of amides is 2. The van der Waals surface area contributed by atoms with Crippen LogP contribution in [0, 0.1) is 5.92 Å². The van der Waals surface area contributed by atoms with Gasteiger partial charge in [0, 0.05) is 23.4 Å². The minimum atomic E-state index is -0.993. The van der Waals surface area contributed by atoms with Gasteiger partial charge in [-0.1, -0.05) is 68.4 Å². The number of aliphatic carboxylic acids is 1. The van der Waals surface area contributed by atoms with Gasteiger partial charge >= 0.3 is 5.97 Å². The van der Waals surface area contributed by atoms with E-state index in [4.69, 9.17) is 0 Å². The molecule has 36 heavy (non-hydrogen) atoms. The minimum Gasteiger partial charge on any atom is -0.480 e. The van der Waals surface area contributed by atoms with Crippen molar-refractivity contribution in [1.29, 1.82) is 0 Å². The summed E-state index contributed by atoms with van der Waals surface area (Å²) in [7, 11) is 0. The molecule has 180 valence electrons. The third-order valence-corrected chi connectivity index (χ3v) is 6.65. The molecule has 0 saturated heterocycles. The lowest BCUT2D eigenvalue weighted by Crippen LogP contribution is -2.44. The number of nitrogens with one attached hydrogen (secondary N) is 1. The largest absolute Gasteiger partial charge is 0.480 e. The lowest BCUT2D eigenvalue weighted by atomic mass is 10.00. The Morgan fingerprint density at radius 3 is 2.25 bits per heavy atom. The van der Waals surface area contributed by atoms with Crippen LogP contribution >= 0.6 is 0 Å². The summed E-state index contributed by atoms with van der Waals surface area (Å²) in [5, 5.41) is 14.6. The van der Waals surface area contributed by atoms with Gasteiger partial charge in [0.15, 0.2) is 0 Å². The fourth-order valence-corrected chi connectivity index (χ4v) is 4.79. The Morgan fingerprint density at radius 2 is 1.56 bits per heavy atom. The van der Waals surface area contributed by atoms with E-state index in [-0.39, 0.29) is 17.7 Å². The molecule has 1 atom stereocenters. The van der Waals surface area contributed by atoms with Crippen molar-refractivity contribution in [2.75, 3.05) is 5.32 Å². The predicted molar refractivity (Wildman–Crippen MR) is 140 cm³/mol. The monoisotopic (exact) mass is 478 g/mol. The highest BCUT2D eigenvalue weighted by Gasteiger charge is 2.38. The molecule has 2 amide bonds. The molecule has 4 aromatic rings. The maximum atomic E-state index is 13.0. The van der Waals surface area contributed by atoms with Gasteiger partial charge in [0.2, 0.25) is 0 Å². The lowest BCUT2D eigenvalue weighted by Gasteiger charge is -2.27. The van der Waals surface area contributed by atoms with Crippen LogP contribution in [-0.2, 0) is 11.3 Å². The number of rotatable bonds is 6. The van der Waals surface area contributed by atoms with Gasteiger partial charge in [0.25, 0.3) is 11.8 Å². The summed E-state index contributed by atoms with van der Waals surface area (Å²) in [5.41, 5.74) is 4.37. The quantitative estimate of drug-likeness (QED) is 0.365. The average molecular weight is 479 g/mol. The Morgan fingerprint density at radius 1 is 0.861 bits per heavy atom. The Balaban J connectivity index is 1.33. The first-order chi connectivity index (χ1) is 17.3. The molecule has 4 aromatic carbocycles. The summed E-state index contributed by atoms with van der Waals surface area (Å²) in [6.07, 6.45) is 0. The van der Waals surface area contributed by atoms with Gasteiger partial charge in [0.1, 0.15) is 6.04 Å². The van der Waals surface area contributed by atoms with Gasteiger partial charge in [-0.2, -0.15) is 0 Å². The van der Waals surface area contributed by atoms with E-state index < -0.39 is 12.0 Å². The van der Waals surface area contributed by atoms with Crippen LogP contribution in [0.25, 0.3) is 21.9 Å². The van der Waals surface area contributed by atoms with Crippen LogP contribution in [0.15, 0.2) is 84.9 Å². The smallest absolute Gasteiger partial charge is 0.326 e. The highest BCUT2D eigenvalue weighted by molar-refractivity contribution is 6.06. The van der Waals surface area contributed by atoms with Crippen LogP contribution in [-0.4, -0.2) is 33.8 Å². The summed E-state index contributed by atoms with van der Waals surface area (Å²) in [6.45, 7) is 3.91. The molecular weight excluding hydrogens is 452 g/mol. The van der Waals surface area contributed by atoms with E-state index in [9.17, 15) is 19.5 Å². The van der Waals surface area contributed by atoms with Gasteiger partial charge in [-0.15, -0.1) is 0 Å². The summed E-state index contributed by atoms with van der Waals surface area (Å²) < 4.78 is 0. The van der Waals surface area contributed by atoms with E-state index in [1.807, 2.05) is 84.9 Å². The molecule has 5 rings (SSSR count). The predicted octanol–water partition coefficient (Wildman–Crippen LogP) is 5.82. The van der Waals surface area contributed by atoms with Crippen LogP contribution in [0.4, 0.5) is 5.69 Å². The summed E-state index contributed by atoms with van der Waals surface area (Å²) in [6, 6.07) is 25.7. The van der Waals surface area contributed by atoms with E-state index >= 15 is 0 Å². The van der Waals surface area contributed by atoms with Crippen molar-refractivity contribution >= 4 is 34.2 Å². The number of nitrogens with zero attached hydrogens (tertiary/aromatic N) is 1. The number of carbonyl (C=O) groups excluding carboxylic acids is 2. The standard InChI is InChI=1S/C30H26N2O4/c1-18(2)27(30(35)36)32-17-24-10-8-22(16-26(24)29(32)34)20-11-13-25(14-12-20)31-28(33)23-9-7-19-5-3-4-6-21(19)15-23/h3-16,18,27H,17H2,1-2H3,(H,31,33)(H,35,36). The number of anilines is 1. The molecule has 1 aliphatic heterocycles. The number of benzene rings is 4. The molecule has 6 heteroatoms. The molecule has 1 heterocycles. The number of fused-ring (bicyclic) bond motifs is 2. The molecule has 0 fully saturated rings. The van der Waals surface area contributed by atoms with E-state index in [0.717, 1.165) is 27.5 Å². The third kappa shape index (κ3) is 4.33. The number of carboxylic acid groups (broad SMARTS) is 1. The third-order valence-electron chi connectivity index (χ3n) is 6.65. The van der Waals surface area contributed by atoms with Gasteiger partial charge in [-0.05, 0) is 63.7 Å². The molecule has 0 saturated carbocycles. The van der Waals surface area contributed by atoms with Crippen molar-refractivity contribution in [3.63, 3.8) is 0 Å². The van der Waals surface area contributed by atoms with Crippen molar-refractivity contribution in [2.45, 2.75) is 26.4 Å². The first kappa shape index (κ1) is 23.3. The van der Waals surface area contributed by atoms with Crippen molar-refractivity contribution < 1.29 is 19.5 Å². The van der Waals surface area contributed by atoms with E-state index in [1.165, 1.54) is 4.90 Å². The molecule has 0 aromatic heterocycles. The Hall–Kier alpha value is -4.45. The molecule has 2 N–H and O–H groups in total. The van der Waals surface area contributed by atoms with Crippen molar-refractivity contribution in [3.05, 3.63) is 102 Å². The SMILES string of the molecule is CC(C)C(C(=O)O)N1Cc2ccc(-c3ccc(NC(=O)c4ccc5ccccc5c4)cc3)cc2C1=O. The zero-order valence-electron chi connectivity index (χ0n) is 20.1. The first-order valence-electron chi connectivity index (χ1n) is 11.9. The molecule has 0 radical (unpaired) electrons. The van der Waals surface area contributed by atoms with E-state index in [2.05, 4.69) is 5.32 Å². The average Bonchev–Trinajstić information content (AvgIpc) is 3.19. The van der Waals surface area contributed by atoms with E-state index in [0.29, 0.717) is 23.4 Å². The number of carbonyl (C=O) groups is 3. The van der Waals surface area contributed by atoms with Crippen LogP contribution in [0.2, 0.25) is 0 Å². The summed E-state index contributed by atoms with van der Waals surface area (Å²) in [5.74, 6) is -1.63. The van der Waals surface area contributed by atoms with Crippen molar-refractivity contribution in [3.8, 4) is 11.1 Å². The fraction of sp³-hybridized carbons (Fsp3) is 0.167. The zero-order valence-corrected chi connectivity index (χ0v) is 20.1. The van der Waals surface area contributed by atoms with Gasteiger partial charge in [-0.3, -0.25) is 9.59 Å². The number of hydrogen-bond donors (Lipinski definition) is 2. The Bertz CT molecular complexity index is 1490. The summed E-state index contributed by atoms with van der Waals surface area (Å²) >= 11 is 0. The maximum absolute atomic E-state index is 13.0. The molecule has 0 aliphatic carbocycles. The van der Waals surface area contributed by atoms with Crippen LogP contribution in [0.3, 0.4) is 0 Å². The maximum Gasteiger partial charge on any atom is 0.326 e. The second-order valence-electron chi connectivity index (χ2n) is 9.43. The number of hydrogen-bond acceptors (Lipinski definition) is 3. The second-order valence-corrected chi connectivity index (χ2v) is 9.43. The van der Waals surface area contributed by atoms with Gasteiger partial charge in [0.05, 0.1) is 0 Å². The molecule has 6 nitrogen and oxygen atoms in total. The Labute approximate surface area is 209 Å². The molecule has 1 unspecified atom stereocenters. The van der Waals surface area contributed by atoms with E-state index in [1.54, 1.807) is 13.8 Å². The molecule has 0 bridgehead atoms. The van der Waals surface area contributed by atoms with Gasteiger partial charge < -0.3 is 15.3 Å². The number of carboxylic acids is 1.